The second-order valence-electron chi connectivity index (χ2n) is 4.37. The van der Waals surface area contributed by atoms with Crippen molar-refractivity contribution in [2.45, 2.75) is 32.2 Å². The molecule has 0 aromatic heterocycles. The Labute approximate surface area is 111 Å². The van der Waals surface area contributed by atoms with Crippen molar-refractivity contribution in [1.82, 2.24) is 5.32 Å². The minimum atomic E-state index is 0.411. The molecule has 0 fully saturated rings. The lowest BCUT2D eigenvalue weighted by Crippen LogP contribution is -2.19. The Bertz CT molecular complexity index is 409. The van der Waals surface area contributed by atoms with Crippen LogP contribution < -0.4 is 5.32 Å². The molecule has 0 amide bonds. The molecule has 1 atom stereocenters. The third-order valence-corrected chi connectivity index (χ3v) is 4.74. The summed E-state index contributed by atoms with van der Waals surface area (Å²) in [6.07, 6.45) is 6.21. The van der Waals surface area contributed by atoms with E-state index in [0.29, 0.717) is 6.04 Å². The summed E-state index contributed by atoms with van der Waals surface area (Å²) in [4.78, 5) is 0. The molecule has 2 heteroatoms. The van der Waals surface area contributed by atoms with Gasteiger partial charge >= 0.3 is 0 Å². The zero-order chi connectivity index (χ0) is 11.5. The number of hydrogen-bond donors (Lipinski definition) is 1. The summed E-state index contributed by atoms with van der Waals surface area (Å²) < 4.78 is 1.40. The van der Waals surface area contributed by atoms with E-state index in [2.05, 4.69) is 66.2 Å². The molecule has 16 heavy (non-hydrogen) atoms. The first-order valence-corrected chi connectivity index (χ1v) is 6.93. The monoisotopic (exact) mass is 327 g/mol. The van der Waals surface area contributed by atoms with Crippen LogP contribution in [0.5, 0.6) is 0 Å². The number of hydrogen-bond acceptors (Lipinski definition) is 1. The lowest BCUT2D eigenvalue weighted by molar-refractivity contribution is 0.652. The van der Waals surface area contributed by atoms with Gasteiger partial charge in [0.2, 0.25) is 0 Å². The fourth-order valence-corrected chi connectivity index (χ4v) is 3.06. The summed E-state index contributed by atoms with van der Waals surface area (Å²) in [6, 6.07) is 7.00. The fraction of sp³-hybridized carbons (Fsp3) is 0.429. The van der Waals surface area contributed by atoms with Gasteiger partial charge in [-0.25, -0.2) is 0 Å². The maximum absolute atomic E-state index is 3.46. The fourth-order valence-electron chi connectivity index (χ4n) is 2.39. The topological polar surface area (TPSA) is 12.0 Å². The van der Waals surface area contributed by atoms with Gasteiger partial charge in [-0.1, -0.05) is 29.8 Å². The van der Waals surface area contributed by atoms with Gasteiger partial charge in [0.1, 0.15) is 0 Å². The summed E-state index contributed by atoms with van der Waals surface area (Å²) in [5.74, 6) is 0. The molecule has 1 N–H and O–H groups in total. The zero-order valence-corrected chi connectivity index (χ0v) is 12.0. The molecule has 1 nitrogen and oxygen atoms in total. The zero-order valence-electron chi connectivity index (χ0n) is 9.89. The van der Waals surface area contributed by atoms with E-state index in [4.69, 9.17) is 0 Å². The van der Waals surface area contributed by atoms with Crippen LogP contribution in [0.15, 0.2) is 29.8 Å². The number of rotatable bonds is 3. The van der Waals surface area contributed by atoms with Crippen LogP contribution in [0.25, 0.3) is 0 Å². The van der Waals surface area contributed by atoms with Gasteiger partial charge in [0, 0.05) is 3.57 Å². The molecule has 1 aliphatic carbocycles. The standard InChI is InChI=1S/C14H18IN/c1-10-6-5-9-12(13(10)15)14(16-2)11-7-3-4-8-11/h5-7,9,14,16H,3-4,8H2,1-2H3. The number of halogens is 1. The lowest BCUT2D eigenvalue weighted by atomic mass is 9.97. The van der Waals surface area contributed by atoms with Crippen LogP contribution in [0, 0.1) is 10.5 Å². The number of benzene rings is 1. The molecule has 0 radical (unpaired) electrons. The first kappa shape index (κ1) is 12.1. The Morgan fingerprint density at radius 3 is 2.81 bits per heavy atom. The van der Waals surface area contributed by atoms with Crippen LogP contribution in [0.3, 0.4) is 0 Å². The summed E-state index contributed by atoms with van der Waals surface area (Å²) in [5, 5.41) is 3.46. The van der Waals surface area contributed by atoms with E-state index < -0.39 is 0 Å². The van der Waals surface area contributed by atoms with Crippen LogP contribution in [0.4, 0.5) is 0 Å². The van der Waals surface area contributed by atoms with Crippen LogP contribution in [-0.2, 0) is 0 Å². The molecule has 0 heterocycles. The SMILES string of the molecule is CNC(C1=CCCC1)c1cccc(C)c1I. The van der Waals surface area contributed by atoms with Crippen molar-refractivity contribution < 1.29 is 0 Å². The van der Waals surface area contributed by atoms with Crippen molar-refractivity contribution in [2.24, 2.45) is 0 Å². The molecule has 0 aliphatic heterocycles. The number of nitrogens with one attached hydrogen (secondary N) is 1. The molecule has 1 unspecified atom stereocenters. The van der Waals surface area contributed by atoms with Gasteiger partial charge in [-0.15, -0.1) is 0 Å². The Balaban J connectivity index is 2.36. The van der Waals surface area contributed by atoms with E-state index in [9.17, 15) is 0 Å². The van der Waals surface area contributed by atoms with E-state index in [1.165, 1.54) is 34.0 Å². The maximum atomic E-state index is 3.46. The van der Waals surface area contributed by atoms with E-state index in [1.54, 1.807) is 5.57 Å². The minimum absolute atomic E-state index is 0.411. The second-order valence-corrected chi connectivity index (χ2v) is 5.45. The molecule has 0 bridgehead atoms. The van der Waals surface area contributed by atoms with Crippen LogP contribution in [-0.4, -0.2) is 7.05 Å². The van der Waals surface area contributed by atoms with Crippen molar-refractivity contribution in [3.63, 3.8) is 0 Å². The van der Waals surface area contributed by atoms with E-state index >= 15 is 0 Å². The van der Waals surface area contributed by atoms with Crippen molar-refractivity contribution >= 4 is 22.6 Å². The maximum Gasteiger partial charge on any atom is 0.0544 e. The predicted molar refractivity (Wildman–Crippen MR) is 77.6 cm³/mol. The molecule has 86 valence electrons. The van der Waals surface area contributed by atoms with Gasteiger partial charge in [-0.3, -0.25) is 0 Å². The van der Waals surface area contributed by atoms with Gasteiger partial charge < -0.3 is 5.32 Å². The van der Waals surface area contributed by atoms with Crippen molar-refractivity contribution in [3.8, 4) is 0 Å². The van der Waals surface area contributed by atoms with Crippen LogP contribution >= 0.6 is 22.6 Å². The number of likely N-dealkylation sites (N-methyl/N-ethyl adjacent to an activating group) is 1. The Hall–Kier alpha value is -0.350. The minimum Gasteiger partial charge on any atom is -0.310 e. The molecule has 2 rings (SSSR count). The van der Waals surface area contributed by atoms with E-state index in [0.717, 1.165) is 0 Å². The summed E-state index contributed by atoms with van der Waals surface area (Å²) >= 11 is 2.46. The van der Waals surface area contributed by atoms with Crippen LogP contribution in [0.2, 0.25) is 0 Å². The number of aryl methyl sites for hydroxylation is 1. The number of allylic oxidation sites excluding steroid dienone is 1. The Kier molecular flexibility index (Phi) is 4.03. The molecular formula is C14H18IN. The molecule has 1 aromatic carbocycles. The Morgan fingerprint density at radius 1 is 1.38 bits per heavy atom. The highest BCUT2D eigenvalue weighted by atomic mass is 127. The second kappa shape index (κ2) is 5.32. The highest BCUT2D eigenvalue weighted by Crippen LogP contribution is 2.33. The van der Waals surface area contributed by atoms with Gasteiger partial charge in [0.15, 0.2) is 0 Å². The summed E-state index contributed by atoms with van der Waals surface area (Å²) in [5.41, 5.74) is 4.36. The molecule has 1 aliphatic rings. The first-order valence-electron chi connectivity index (χ1n) is 5.85. The molecule has 1 aromatic rings. The summed E-state index contributed by atoms with van der Waals surface area (Å²) in [7, 11) is 2.06. The van der Waals surface area contributed by atoms with E-state index in [-0.39, 0.29) is 0 Å². The summed E-state index contributed by atoms with van der Waals surface area (Å²) in [6.45, 7) is 2.18. The van der Waals surface area contributed by atoms with Crippen molar-refractivity contribution in [2.75, 3.05) is 7.05 Å². The first-order chi connectivity index (χ1) is 7.74. The quantitative estimate of drug-likeness (QED) is 0.654. The average molecular weight is 327 g/mol. The highest BCUT2D eigenvalue weighted by Gasteiger charge is 2.19. The normalized spacial score (nSPS) is 17.3. The highest BCUT2D eigenvalue weighted by molar-refractivity contribution is 14.1. The molecule has 0 saturated heterocycles. The molecular weight excluding hydrogens is 309 g/mol. The third kappa shape index (κ3) is 2.33. The predicted octanol–water partition coefficient (Wildman–Crippen LogP) is 3.97. The largest absolute Gasteiger partial charge is 0.310 e. The molecule has 0 saturated carbocycles. The van der Waals surface area contributed by atoms with Gasteiger partial charge in [0.25, 0.3) is 0 Å². The van der Waals surface area contributed by atoms with Gasteiger partial charge in [0.05, 0.1) is 6.04 Å². The lowest BCUT2D eigenvalue weighted by Gasteiger charge is -2.20. The van der Waals surface area contributed by atoms with Gasteiger partial charge in [-0.2, -0.15) is 0 Å². The third-order valence-electron chi connectivity index (χ3n) is 3.27. The van der Waals surface area contributed by atoms with Crippen molar-refractivity contribution in [3.05, 3.63) is 44.5 Å². The van der Waals surface area contributed by atoms with Gasteiger partial charge in [-0.05, 0) is 67.0 Å². The smallest absolute Gasteiger partial charge is 0.0544 e. The molecule has 0 spiro atoms. The van der Waals surface area contributed by atoms with Crippen molar-refractivity contribution in [1.29, 1.82) is 0 Å². The average Bonchev–Trinajstić information content (AvgIpc) is 2.79. The van der Waals surface area contributed by atoms with E-state index in [1.807, 2.05) is 0 Å². The van der Waals surface area contributed by atoms with Crippen LogP contribution in [0.1, 0.15) is 36.4 Å². The Morgan fingerprint density at radius 2 is 2.19 bits per heavy atom.